The molecule has 6 nitrogen and oxygen atoms in total. The van der Waals surface area contributed by atoms with Crippen LogP contribution < -0.4 is 10.2 Å². The number of ether oxygens (including phenoxy) is 1. The number of aryl methyl sites for hydroxylation is 2. The van der Waals surface area contributed by atoms with Crippen molar-refractivity contribution in [2.75, 3.05) is 23.9 Å². The molecule has 0 saturated carbocycles. The zero-order chi connectivity index (χ0) is 19.3. The summed E-state index contributed by atoms with van der Waals surface area (Å²) in [4.78, 5) is 37.7. The highest BCUT2D eigenvalue weighted by Gasteiger charge is 2.22. The van der Waals surface area contributed by atoms with Crippen LogP contribution in [0.25, 0.3) is 0 Å². The van der Waals surface area contributed by atoms with Crippen LogP contribution in [-0.2, 0) is 14.3 Å². The molecule has 1 N–H and O–H groups in total. The molecular formula is C20H22N2O4. The van der Waals surface area contributed by atoms with E-state index in [2.05, 4.69) is 5.32 Å². The van der Waals surface area contributed by atoms with Crippen molar-refractivity contribution in [1.82, 2.24) is 0 Å². The van der Waals surface area contributed by atoms with Crippen LogP contribution in [0.3, 0.4) is 0 Å². The molecule has 2 aromatic rings. The summed E-state index contributed by atoms with van der Waals surface area (Å²) in [6.07, 6.45) is 0. The van der Waals surface area contributed by atoms with Gasteiger partial charge in [-0.15, -0.1) is 0 Å². The van der Waals surface area contributed by atoms with Crippen molar-refractivity contribution in [2.24, 2.45) is 0 Å². The topological polar surface area (TPSA) is 75.7 Å². The fourth-order valence-corrected chi connectivity index (χ4v) is 2.52. The van der Waals surface area contributed by atoms with E-state index >= 15 is 0 Å². The van der Waals surface area contributed by atoms with Gasteiger partial charge < -0.3 is 15.0 Å². The second-order valence-electron chi connectivity index (χ2n) is 5.96. The number of hydrogen-bond acceptors (Lipinski definition) is 4. The fraction of sp³-hybridized carbons (Fsp3) is 0.250. The first-order valence-corrected chi connectivity index (χ1v) is 8.16. The SMILES string of the molecule is COC(=O)c1ccccc1N(CC(=O)Nc1ccc(C)c(C)c1)C(C)=O. The molecule has 0 atom stereocenters. The average molecular weight is 354 g/mol. The van der Waals surface area contributed by atoms with Gasteiger partial charge in [-0.1, -0.05) is 18.2 Å². The molecular weight excluding hydrogens is 332 g/mol. The van der Waals surface area contributed by atoms with E-state index in [-0.39, 0.29) is 23.9 Å². The summed E-state index contributed by atoms with van der Waals surface area (Å²) in [7, 11) is 1.27. The van der Waals surface area contributed by atoms with Crippen LogP contribution in [-0.4, -0.2) is 31.4 Å². The lowest BCUT2D eigenvalue weighted by molar-refractivity contribution is -0.120. The van der Waals surface area contributed by atoms with Crippen LogP contribution >= 0.6 is 0 Å². The molecule has 0 unspecified atom stereocenters. The fourth-order valence-electron chi connectivity index (χ4n) is 2.52. The molecule has 0 heterocycles. The van der Waals surface area contributed by atoms with E-state index in [0.717, 1.165) is 11.1 Å². The third-order valence-electron chi connectivity index (χ3n) is 4.07. The highest BCUT2D eigenvalue weighted by molar-refractivity contribution is 6.06. The summed E-state index contributed by atoms with van der Waals surface area (Å²) in [5, 5.41) is 2.78. The van der Waals surface area contributed by atoms with Gasteiger partial charge >= 0.3 is 5.97 Å². The third-order valence-corrected chi connectivity index (χ3v) is 4.07. The molecule has 0 saturated heterocycles. The minimum absolute atomic E-state index is 0.212. The molecule has 2 rings (SSSR count). The zero-order valence-corrected chi connectivity index (χ0v) is 15.3. The Kier molecular flexibility index (Phi) is 6.11. The van der Waals surface area contributed by atoms with Gasteiger partial charge in [0.05, 0.1) is 18.4 Å². The van der Waals surface area contributed by atoms with Gasteiger partial charge in [-0.25, -0.2) is 4.79 Å². The average Bonchev–Trinajstić information content (AvgIpc) is 2.62. The predicted octanol–water partition coefficient (Wildman–Crippen LogP) is 3.08. The van der Waals surface area contributed by atoms with Crippen molar-refractivity contribution in [3.63, 3.8) is 0 Å². The van der Waals surface area contributed by atoms with Crippen molar-refractivity contribution >= 4 is 29.2 Å². The number of nitrogens with zero attached hydrogens (tertiary/aromatic N) is 1. The number of methoxy groups -OCH3 is 1. The van der Waals surface area contributed by atoms with Crippen molar-refractivity contribution < 1.29 is 19.1 Å². The molecule has 136 valence electrons. The van der Waals surface area contributed by atoms with Crippen LogP contribution in [0.1, 0.15) is 28.4 Å². The highest BCUT2D eigenvalue weighted by atomic mass is 16.5. The van der Waals surface area contributed by atoms with Gasteiger partial charge in [0.15, 0.2) is 0 Å². The van der Waals surface area contributed by atoms with E-state index in [1.165, 1.54) is 18.9 Å². The van der Waals surface area contributed by atoms with E-state index in [9.17, 15) is 14.4 Å². The van der Waals surface area contributed by atoms with Crippen LogP contribution in [0.2, 0.25) is 0 Å². The maximum absolute atomic E-state index is 12.4. The van der Waals surface area contributed by atoms with E-state index < -0.39 is 5.97 Å². The summed E-state index contributed by atoms with van der Waals surface area (Å²) >= 11 is 0. The summed E-state index contributed by atoms with van der Waals surface area (Å²) in [6, 6.07) is 12.1. The van der Waals surface area contributed by atoms with Crippen LogP contribution in [0.4, 0.5) is 11.4 Å². The van der Waals surface area contributed by atoms with Crippen LogP contribution in [0.5, 0.6) is 0 Å². The predicted molar refractivity (Wildman–Crippen MR) is 100 cm³/mol. The van der Waals surface area contributed by atoms with Gasteiger partial charge in [0.1, 0.15) is 6.54 Å². The Morgan fingerprint density at radius 2 is 1.73 bits per heavy atom. The maximum Gasteiger partial charge on any atom is 0.339 e. The first kappa shape index (κ1) is 19.2. The molecule has 0 bridgehead atoms. The number of esters is 1. The minimum Gasteiger partial charge on any atom is -0.465 e. The van der Waals surface area contributed by atoms with Gasteiger partial charge in [0.25, 0.3) is 0 Å². The standard InChI is InChI=1S/C20H22N2O4/c1-13-9-10-16(11-14(13)2)21-19(24)12-22(15(3)23)18-8-6-5-7-17(18)20(25)26-4/h5-11H,12H2,1-4H3,(H,21,24). The number of nitrogens with one attached hydrogen (secondary N) is 1. The van der Waals surface area contributed by atoms with Gasteiger partial charge in [-0.2, -0.15) is 0 Å². The van der Waals surface area contributed by atoms with Gasteiger partial charge in [0.2, 0.25) is 11.8 Å². The molecule has 0 aromatic heterocycles. The van der Waals surface area contributed by atoms with Gasteiger partial charge in [-0.3, -0.25) is 9.59 Å². The largest absolute Gasteiger partial charge is 0.465 e. The minimum atomic E-state index is -0.568. The Bertz CT molecular complexity index is 845. The molecule has 0 aliphatic carbocycles. The summed E-state index contributed by atoms with van der Waals surface area (Å²) in [5.74, 6) is -1.28. The molecule has 2 amide bonds. The zero-order valence-electron chi connectivity index (χ0n) is 15.3. The smallest absolute Gasteiger partial charge is 0.339 e. The second kappa shape index (κ2) is 8.29. The first-order valence-electron chi connectivity index (χ1n) is 8.16. The Morgan fingerprint density at radius 3 is 2.35 bits per heavy atom. The molecule has 0 fully saturated rings. The summed E-state index contributed by atoms with van der Waals surface area (Å²) in [6.45, 7) is 5.08. The number of carbonyl (C=O) groups excluding carboxylic acids is 3. The molecule has 0 aliphatic heterocycles. The number of rotatable bonds is 5. The first-order chi connectivity index (χ1) is 12.3. The molecule has 26 heavy (non-hydrogen) atoms. The number of para-hydroxylation sites is 1. The molecule has 2 aromatic carbocycles. The van der Waals surface area contributed by atoms with Crippen molar-refractivity contribution in [3.05, 3.63) is 59.2 Å². The molecule has 0 aliphatic rings. The normalized spacial score (nSPS) is 10.2. The quantitative estimate of drug-likeness (QED) is 0.837. The monoisotopic (exact) mass is 354 g/mol. The van der Waals surface area contributed by atoms with E-state index in [0.29, 0.717) is 11.4 Å². The van der Waals surface area contributed by atoms with E-state index in [1.54, 1.807) is 30.3 Å². The molecule has 0 spiro atoms. The Balaban J connectivity index is 2.23. The number of anilines is 2. The lowest BCUT2D eigenvalue weighted by Gasteiger charge is -2.22. The Hall–Kier alpha value is -3.15. The summed E-state index contributed by atoms with van der Waals surface area (Å²) in [5.41, 5.74) is 3.40. The third kappa shape index (κ3) is 4.47. The van der Waals surface area contributed by atoms with Crippen molar-refractivity contribution in [2.45, 2.75) is 20.8 Å². The van der Waals surface area contributed by atoms with Crippen LogP contribution in [0.15, 0.2) is 42.5 Å². The lowest BCUT2D eigenvalue weighted by atomic mass is 10.1. The lowest BCUT2D eigenvalue weighted by Crippen LogP contribution is -2.37. The van der Waals surface area contributed by atoms with Crippen molar-refractivity contribution in [3.8, 4) is 0 Å². The Labute approximate surface area is 152 Å². The van der Waals surface area contributed by atoms with E-state index in [4.69, 9.17) is 4.74 Å². The van der Waals surface area contributed by atoms with Crippen LogP contribution in [0, 0.1) is 13.8 Å². The maximum atomic E-state index is 12.4. The van der Waals surface area contributed by atoms with Crippen molar-refractivity contribution in [1.29, 1.82) is 0 Å². The number of benzene rings is 2. The number of hydrogen-bond donors (Lipinski definition) is 1. The second-order valence-corrected chi connectivity index (χ2v) is 5.96. The number of amides is 2. The molecule has 0 radical (unpaired) electrons. The Morgan fingerprint density at radius 1 is 1.04 bits per heavy atom. The van der Waals surface area contributed by atoms with E-state index in [1.807, 2.05) is 26.0 Å². The highest BCUT2D eigenvalue weighted by Crippen LogP contribution is 2.22. The van der Waals surface area contributed by atoms with Gasteiger partial charge in [0, 0.05) is 12.6 Å². The molecule has 6 heteroatoms. The number of carbonyl (C=O) groups is 3. The van der Waals surface area contributed by atoms with Gasteiger partial charge in [-0.05, 0) is 49.2 Å². The summed E-state index contributed by atoms with van der Waals surface area (Å²) < 4.78 is 4.75.